The Bertz CT molecular complexity index is 381. The Hall–Kier alpha value is -3.55. The predicted molar refractivity (Wildman–Crippen MR) is 62.3 cm³/mol. The first-order chi connectivity index (χ1) is 10.7. The molecule has 26 heteroatoms. The first-order valence-electron chi connectivity index (χ1n) is 3.41. The monoisotopic (exact) mass is 457 g/mol. The van der Waals surface area contributed by atoms with Gasteiger partial charge in [-0.25, -0.2) is 0 Å². The molecule has 1 radical (unpaired) electrons. The van der Waals surface area contributed by atoms with E-state index < -0.39 is 35.8 Å². The van der Waals surface area contributed by atoms with E-state index >= 15 is 0 Å². The molecule has 24 nitrogen and oxygen atoms in total. The zero-order chi connectivity index (χ0) is 22.4. The summed E-state index contributed by atoms with van der Waals surface area (Å²) in [4.78, 5) is 41.2. The van der Waals surface area contributed by atoms with Gasteiger partial charge in [0.15, 0.2) is 0 Å². The average molecular weight is 457 g/mol. The molecule has 0 aliphatic carbocycles. The summed E-state index contributed by atoms with van der Waals surface area (Å²) in [6, 6.07) is 0. The normalized spacial score (nSPS) is 6.85. The first-order valence-corrected chi connectivity index (χ1v) is 4.74. The van der Waals surface area contributed by atoms with Crippen LogP contribution in [0.5, 0.6) is 0 Å². The van der Waals surface area contributed by atoms with Crippen molar-refractivity contribution in [2.24, 2.45) is 0 Å². The van der Waals surface area contributed by atoms with E-state index in [9.17, 15) is 0 Å². The molecule has 0 aliphatic heterocycles. The largest absolute Gasteiger partial charge is 0.759 e. The zero-order valence-electron chi connectivity index (χ0n) is 10.8. The number of nitrogens with zero attached hydrogens (tertiary/aromatic N) is 5. The van der Waals surface area contributed by atoms with Crippen molar-refractivity contribution in [2.45, 2.75) is 0 Å². The Balaban J connectivity index is -0.0000000331. The van der Waals surface area contributed by atoms with Gasteiger partial charge in [0.1, 0.15) is 0 Å². The molecule has 0 aromatic carbocycles. The fourth-order valence-electron chi connectivity index (χ4n) is 0. The van der Waals surface area contributed by atoms with E-state index in [0.717, 1.165) is 0 Å². The van der Waals surface area contributed by atoms with Gasteiger partial charge >= 0.3 is 0 Å². The van der Waals surface area contributed by atoms with Crippen molar-refractivity contribution >= 4 is 10.4 Å². The third kappa shape index (κ3) is 616. The molecule has 0 saturated carbocycles. The van der Waals surface area contributed by atoms with Gasteiger partial charge in [-0.1, -0.05) is 0 Å². The van der Waals surface area contributed by atoms with E-state index in [1.807, 2.05) is 0 Å². The van der Waals surface area contributed by atoms with E-state index in [1.165, 1.54) is 0 Å². The van der Waals surface area contributed by atoms with E-state index in [4.69, 9.17) is 94.1 Å². The van der Waals surface area contributed by atoms with Crippen LogP contribution in [0.25, 0.3) is 0 Å². The van der Waals surface area contributed by atoms with Crippen LogP contribution in [-0.2, 0) is 29.0 Å². The van der Waals surface area contributed by atoms with Crippen LogP contribution in [0.15, 0.2) is 0 Å². The summed E-state index contributed by atoms with van der Waals surface area (Å²) in [5.74, 6) is 0. The van der Waals surface area contributed by atoms with E-state index in [1.54, 1.807) is 0 Å². The molecule has 0 unspecified atom stereocenters. The molecule has 0 spiro atoms. The maximum absolute atomic E-state index is 8.52. The third-order valence-corrected chi connectivity index (χ3v) is 0. The second-order valence-corrected chi connectivity index (χ2v) is 2.34. The maximum atomic E-state index is 8.52. The van der Waals surface area contributed by atoms with E-state index in [2.05, 4.69) is 0 Å². The SMILES string of the molecule is O=S(=O)([O-])[O-].O=[N+]([O-])[O-].O=[N+]([O-])[O-].O=[N+]([O-])[O-].O=[N+]([O-])[O-].O=[N+]([O-])[O-].[V]. The van der Waals surface area contributed by atoms with Crippen LogP contribution in [0.4, 0.5) is 0 Å². The Morgan fingerprint density at radius 2 is 0.423 bits per heavy atom. The zero-order valence-corrected chi connectivity index (χ0v) is 13.1. The number of rotatable bonds is 0. The predicted octanol–water partition coefficient (Wildman–Crippen LogP) is -2.54. The van der Waals surface area contributed by atoms with Crippen LogP contribution in [-0.4, -0.2) is 43.0 Å². The minimum atomic E-state index is -5.17. The molecule has 0 saturated heterocycles. The average Bonchev–Trinajstić information content (AvgIpc) is 2.06. The molecule has 0 atom stereocenters. The Labute approximate surface area is 149 Å². The Kier molecular flexibility index (Phi) is 49.0. The van der Waals surface area contributed by atoms with Gasteiger partial charge in [0.2, 0.25) is 0 Å². The summed E-state index contributed by atoms with van der Waals surface area (Å²) in [7, 11) is -5.17. The molecule has 0 aromatic rings. The minimum absolute atomic E-state index is 0. The molecule has 0 bridgehead atoms. The minimum Gasteiger partial charge on any atom is -0.759 e. The van der Waals surface area contributed by atoms with Gasteiger partial charge in [0.05, 0.1) is 25.4 Å². The molecular formula is N5O19SV-7. The van der Waals surface area contributed by atoms with Crippen molar-refractivity contribution in [3.05, 3.63) is 76.6 Å². The topological polar surface area (TPSA) is 411 Å². The summed E-state index contributed by atoms with van der Waals surface area (Å²) < 4.78 is 34.1. The van der Waals surface area contributed by atoms with Crippen LogP contribution in [0.3, 0.4) is 0 Å². The van der Waals surface area contributed by atoms with Crippen molar-refractivity contribution in [3.8, 4) is 0 Å². The summed E-state index contributed by atoms with van der Waals surface area (Å²) in [6.07, 6.45) is 0. The van der Waals surface area contributed by atoms with Crippen molar-refractivity contribution < 1.29 is 61.5 Å². The Morgan fingerprint density at radius 3 is 0.423 bits per heavy atom. The summed E-state index contributed by atoms with van der Waals surface area (Å²) >= 11 is 0. The van der Waals surface area contributed by atoms with Crippen LogP contribution in [0.2, 0.25) is 0 Å². The fraction of sp³-hybridized carbons (Fsp3) is 0. The number of hydrogen-bond acceptors (Lipinski definition) is 19. The van der Waals surface area contributed by atoms with Gasteiger partial charge in [-0.05, 0) is 0 Å². The molecule has 0 aliphatic rings. The van der Waals surface area contributed by atoms with Crippen LogP contribution >= 0.6 is 0 Å². The third-order valence-electron chi connectivity index (χ3n) is 0. The molecule has 0 fully saturated rings. The summed E-state index contributed by atoms with van der Waals surface area (Å²) in [6.45, 7) is 0. The van der Waals surface area contributed by atoms with E-state index in [-0.39, 0.29) is 18.6 Å². The standard InChI is InChI=1S/5NO3.H2O4S.V/c5*2-1(3)4;1-5(2,3)4;/h;;;;;(H2,1,2,3,4);/q5*-1;;/p-2. The quantitative estimate of drug-likeness (QED) is 0.156. The molecule has 0 heterocycles. The molecule has 157 valence electrons. The van der Waals surface area contributed by atoms with Crippen molar-refractivity contribution in [2.75, 3.05) is 0 Å². The molecule has 26 heavy (non-hydrogen) atoms. The van der Waals surface area contributed by atoms with Gasteiger partial charge in [-0.15, -0.1) is 0 Å². The summed E-state index contributed by atoms with van der Waals surface area (Å²) in [5, 5.41) is 73.8. The Morgan fingerprint density at radius 1 is 0.423 bits per heavy atom. The molecular weight excluding hydrogens is 457 g/mol. The maximum Gasteiger partial charge on any atom is 0.0689 e. The van der Waals surface area contributed by atoms with Gasteiger partial charge in [-0.2, -0.15) is 0 Å². The smallest absolute Gasteiger partial charge is 0.0689 e. The van der Waals surface area contributed by atoms with Gasteiger partial charge in [0, 0.05) is 29.0 Å². The summed E-state index contributed by atoms with van der Waals surface area (Å²) in [5.41, 5.74) is 0. The van der Waals surface area contributed by atoms with Crippen molar-refractivity contribution in [1.82, 2.24) is 0 Å². The van der Waals surface area contributed by atoms with Crippen LogP contribution in [0.1, 0.15) is 0 Å². The first kappa shape index (κ1) is 43.3. The van der Waals surface area contributed by atoms with Gasteiger partial charge in [0.25, 0.3) is 0 Å². The van der Waals surface area contributed by atoms with Gasteiger partial charge < -0.3 is 85.7 Å². The van der Waals surface area contributed by atoms with Crippen LogP contribution < -0.4 is 0 Å². The second kappa shape index (κ2) is 29.5. The van der Waals surface area contributed by atoms with E-state index in [0.29, 0.717) is 0 Å². The van der Waals surface area contributed by atoms with Crippen LogP contribution in [0, 0.1) is 76.6 Å². The fourth-order valence-corrected chi connectivity index (χ4v) is 0. The molecule has 0 rings (SSSR count). The molecule has 0 amide bonds. The second-order valence-electron chi connectivity index (χ2n) is 1.53. The van der Waals surface area contributed by atoms with Gasteiger partial charge in [-0.3, -0.25) is 8.42 Å². The molecule has 0 aromatic heterocycles. The molecule has 0 N–H and O–H groups in total. The van der Waals surface area contributed by atoms with Crippen molar-refractivity contribution in [1.29, 1.82) is 0 Å². The van der Waals surface area contributed by atoms with Crippen molar-refractivity contribution in [3.63, 3.8) is 0 Å². The number of hydrogen-bond donors (Lipinski definition) is 0.